The zero-order valence-corrected chi connectivity index (χ0v) is 15.5. The van der Waals surface area contributed by atoms with Gasteiger partial charge in [-0.1, -0.05) is 18.2 Å². The summed E-state index contributed by atoms with van der Waals surface area (Å²) in [6, 6.07) is 10.0. The first-order chi connectivity index (χ1) is 12.1. The maximum Gasteiger partial charge on any atom is 0.223 e. The van der Waals surface area contributed by atoms with Crippen LogP contribution in [0.2, 0.25) is 0 Å². The fraction of sp³-hybridized carbons (Fsp3) is 0.667. The quantitative estimate of drug-likeness (QED) is 0.844. The Labute approximate surface area is 151 Å². The minimum atomic E-state index is 0.305. The maximum atomic E-state index is 13.0. The smallest absolute Gasteiger partial charge is 0.223 e. The van der Waals surface area contributed by atoms with Crippen LogP contribution < -0.4 is 4.74 Å². The fourth-order valence-electron chi connectivity index (χ4n) is 5.15. The van der Waals surface area contributed by atoms with Gasteiger partial charge in [-0.25, -0.2) is 0 Å². The Bertz CT molecular complexity index is 630. The van der Waals surface area contributed by atoms with Gasteiger partial charge in [0.2, 0.25) is 5.91 Å². The molecule has 3 atom stereocenters. The van der Waals surface area contributed by atoms with Gasteiger partial charge in [-0.3, -0.25) is 9.69 Å². The molecule has 4 nitrogen and oxygen atoms in total. The molecule has 0 aromatic heterocycles. The zero-order valence-electron chi connectivity index (χ0n) is 15.5. The van der Waals surface area contributed by atoms with Gasteiger partial charge in [0.1, 0.15) is 5.75 Å². The van der Waals surface area contributed by atoms with E-state index in [1.54, 1.807) is 0 Å². The fourth-order valence-corrected chi connectivity index (χ4v) is 5.15. The van der Waals surface area contributed by atoms with Crippen LogP contribution >= 0.6 is 0 Å². The molecule has 4 heteroatoms. The zero-order chi connectivity index (χ0) is 17.4. The van der Waals surface area contributed by atoms with E-state index in [1.807, 2.05) is 12.1 Å². The molecule has 0 radical (unpaired) electrons. The SMILES string of the molecule is CC(C)N1[C@H]2CC[C@H]1CN(C(=O)C[C@@H]1CCOc3ccccc31)CC2. The highest BCUT2D eigenvalue weighted by Gasteiger charge is 2.39. The number of hydrogen-bond acceptors (Lipinski definition) is 3. The average Bonchev–Trinajstić information content (AvgIpc) is 2.89. The van der Waals surface area contributed by atoms with E-state index in [9.17, 15) is 4.79 Å². The summed E-state index contributed by atoms with van der Waals surface area (Å²) in [5.41, 5.74) is 1.21. The van der Waals surface area contributed by atoms with Gasteiger partial charge >= 0.3 is 0 Å². The van der Waals surface area contributed by atoms with Gasteiger partial charge < -0.3 is 9.64 Å². The van der Waals surface area contributed by atoms with Crippen LogP contribution in [0.5, 0.6) is 5.75 Å². The predicted molar refractivity (Wildman–Crippen MR) is 98.9 cm³/mol. The van der Waals surface area contributed by atoms with Crippen molar-refractivity contribution >= 4 is 5.91 Å². The van der Waals surface area contributed by atoms with Crippen LogP contribution in [0.1, 0.15) is 57.4 Å². The van der Waals surface area contributed by atoms with Crippen LogP contribution in [0.3, 0.4) is 0 Å². The Morgan fingerprint density at radius 2 is 1.96 bits per heavy atom. The molecule has 3 aliphatic heterocycles. The van der Waals surface area contributed by atoms with Crippen molar-refractivity contribution in [1.82, 2.24) is 9.80 Å². The molecule has 2 bridgehead atoms. The number of nitrogens with zero attached hydrogens (tertiary/aromatic N) is 2. The largest absolute Gasteiger partial charge is 0.493 e. The van der Waals surface area contributed by atoms with Crippen molar-refractivity contribution in [1.29, 1.82) is 0 Å². The molecule has 4 rings (SSSR count). The van der Waals surface area contributed by atoms with Crippen LogP contribution in [-0.2, 0) is 4.79 Å². The highest BCUT2D eigenvalue weighted by atomic mass is 16.5. The third-order valence-corrected chi connectivity index (χ3v) is 6.29. The van der Waals surface area contributed by atoms with Gasteiger partial charge in [-0.2, -0.15) is 0 Å². The van der Waals surface area contributed by atoms with E-state index < -0.39 is 0 Å². The number of likely N-dealkylation sites (tertiary alicyclic amines) is 1. The summed E-state index contributed by atoms with van der Waals surface area (Å²) in [5, 5.41) is 0. The lowest BCUT2D eigenvalue weighted by atomic mass is 9.89. The minimum absolute atomic E-state index is 0.305. The van der Waals surface area contributed by atoms with E-state index in [1.165, 1.54) is 18.4 Å². The molecule has 3 aliphatic rings. The number of amides is 1. The van der Waals surface area contributed by atoms with Gasteiger partial charge in [-0.15, -0.1) is 0 Å². The van der Waals surface area contributed by atoms with Crippen LogP contribution in [-0.4, -0.2) is 53.5 Å². The summed E-state index contributed by atoms with van der Waals surface area (Å²) in [6.45, 7) is 7.15. The second kappa shape index (κ2) is 6.99. The summed E-state index contributed by atoms with van der Waals surface area (Å²) in [5.74, 6) is 1.60. The maximum absolute atomic E-state index is 13.0. The molecule has 1 aromatic carbocycles. The number of fused-ring (bicyclic) bond motifs is 3. The van der Waals surface area contributed by atoms with E-state index in [4.69, 9.17) is 4.74 Å². The van der Waals surface area contributed by atoms with Crippen LogP contribution in [0, 0.1) is 0 Å². The topological polar surface area (TPSA) is 32.8 Å². The van der Waals surface area contributed by atoms with Crippen molar-refractivity contribution in [3.05, 3.63) is 29.8 Å². The number of para-hydroxylation sites is 1. The predicted octanol–water partition coefficient (Wildman–Crippen LogP) is 3.42. The highest BCUT2D eigenvalue weighted by molar-refractivity contribution is 5.77. The lowest BCUT2D eigenvalue weighted by Gasteiger charge is -2.32. The van der Waals surface area contributed by atoms with Crippen molar-refractivity contribution in [2.45, 2.75) is 70.0 Å². The normalized spacial score (nSPS) is 29.2. The summed E-state index contributed by atoms with van der Waals surface area (Å²) in [6.07, 6.45) is 5.25. The Balaban J connectivity index is 1.44. The molecule has 2 fully saturated rings. The van der Waals surface area contributed by atoms with Gasteiger partial charge in [0.25, 0.3) is 0 Å². The molecule has 0 spiro atoms. The molecular weight excluding hydrogens is 312 g/mol. The molecule has 0 N–H and O–H groups in total. The van der Waals surface area contributed by atoms with E-state index in [2.05, 4.69) is 35.8 Å². The summed E-state index contributed by atoms with van der Waals surface area (Å²) in [7, 11) is 0. The molecule has 0 saturated carbocycles. The monoisotopic (exact) mass is 342 g/mol. The number of carbonyl (C=O) groups is 1. The van der Waals surface area contributed by atoms with Crippen molar-refractivity contribution in [2.75, 3.05) is 19.7 Å². The molecule has 3 heterocycles. The van der Waals surface area contributed by atoms with Crippen molar-refractivity contribution in [2.24, 2.45) is 0 Å². The van der Waals surface area contributed by atoms with Gasteiger partial charge in [0.15, 0.2) is 0 Å². The number of carbonyl (C=O) groups excluding carboxylic acids is 1. The second-order valence-electron chi connectivity index (χ2n) is 8.13. The van der Waals surface area contributed by atoms with E-state index in [-0.39, 0.29) is 0 Å². The van der Waals surface area contributed by atoms with Crippen LogP contribution in [0.25, 0.3) is 0 Å². The molecule has 1 amide bonds. The number of hydrogen-bond donors (Lipinski definition) is 0. The standard InChI is InChI=1S/C21H30N2O2/c1-15(2)23-17-7-8-18(23)14-22(11-9-17)21(24)13-16-10-12-25-20-6-4-3-5-19(16)20/h3-6,15-18H,7-14H2,1-2H3/t16-,17-,18-/m0/s1. The third-order valence-electron chi connectivity index (χ3n) is 6.29. The Morgan fingerprint density at radius 3 is 2.80 bits per heavy atom. The van der Waals surface area contributed by atoms with E-state index >= 15 is 0 Å². The second-order valence-corrected chi connectivity index (χ2v) is 8.13. The summed E-state index contributed by atoms with van der Waals surface area (Å²) < 4.78 is 5.75. The number of rotatable bonds is 3. The van der Waals surface area contributed by atoms with Gasteiger partial charge in [0, 0.05) is 37.6 Å². The Morgan fingerprint density at radius 1 is 1.16 bits per heavy atom. The number of benzene rings is 1. The lowest BCUT2D eigenvalue weighted by Crippen LogP contribution is -2.44. The summed E-state index contributed by atoms with van der Waals surface area (Å²) in [4.78, 5) is 17.9. The van der Waals surface area contributed by atoms with Crippen molar-refractivity contribution in [3.8, 4) is 5.75 Å². The van der Waals surface area contributed by atoms with Gasteiger partial charge in [-0.05, 0) is 57.1 Å². The van der Waals surface area contributed by atoms with Crippen LogP contribution in [0.4, 0.5) is 0 Å². The highest BCUT2D eigenvalue weighted by Crippen LogP contribution is 2.37. The van der Waals surface area contributed by atoms with Crippen molar-refractivity contribution in [3.63, 3.8) is 0 Å². The van der Waals surface area contributed by atoms with Crippen LogP contribution in [0.15, 0.2) is 24.3 Å². The molecule has 2 saturated heterocycles. The first kappa shape index (κ1) is 16.9. The molecule has 136 valence electrons. The summed E-state index contributed by atoms with van der Waals surface area (Å²) >= 11 is 0. The molecule has 25 heavy (non-hydrogen) atoms. The minimum Gasteiger partial charge on any atom is -0.493 e. The molecule has 1 aromatic rings. The van der Waals surface area contributed by atoms with Gasteiger partial charge in [0.05, 0.1) is 6.61 Å². The third kappa shape index (κ3) is 3.29. The Hall–Kier alpha value is -1.55. The lowest BCUT2D eigenvalue weighted by molar-refractivity contribution is -0.132. The molecule has 0 unspecified atom stereocenters. The average molecular weight is 342 g/mol. The molecular formula is C21H30N2O2. The Kier molecular flexibility index (Phi) is 4.72. The van der Waals surface area contributed by atoms with E-state index in [0.717, 1.165) is 38.3 Å². The number of ether oxygens (including phenoxy) is 1. The van der Waals surface area contributed by atoms with E-state index in [0.29, 0.717) is 36.4 Å². The first-order valence-corrected chi connectivity index (χ1v) is 9.90. The van der Waals surface area contributed by atoms with Crippen molar-refractivity contribution < 1.29 is 9.53 Å². The first-order valence-electron chi connectivity index (χ1n) is 9.90. The molecule has 0 aliphatic carbocycles.